The van der Waals surface area contributed by atoms with Crippen molar-refractivity contribution >= 4 is 5.88 Å². The van der Waals surface area contributed by atoms with Gasteiger partial charge in [0, 0.05) is 18.4 Å². The van der Waals surface area contributed by atoms with Crippen LogP contribution in [-0.2, 0) is 0 Å². The minimum absolute atomic E-state index is 0.759. The van der Waals surface area contributed by atoms with Crippen LogP contribution in [0.15, 0.2) is 10.7 Å². The van der Waals surface area contributed by atoms with Crippen molar-refractivity contribution in [1.82, 2.24) is 10.4 Å². The highest BCUT2D eigenvalue weighted by molar-refractivity contribution is 5.29. The Morgan fingerprint density at radius 3 is 2.82 bits per heavy atom. The maximum absolute atomic E-state index is 4.90. The first-order chi connectivity index (χ1) is 5.38. The van der Waals surface area contributed by atoms with Gasteiger partial charge in [-0.1, -0.05) is 6.92 Å². The van der Waals surface area contributed by atoms with Gasteiger partial charge < -0.3 is 9.42 Å². The van der Waals surface area contributed by atoms with E-state index in [4.69, 9.17) is 4.52 Å². The Labute approximate surface area is 66.2 Å². The SMILES string of the molecule is CCCN(CC)c1cnno1. The monoisotopic (exact) mass is 155 g/mol. The minimum Gasteiger partial charge on any atom is -0.340 e. The lowest BCUT2D eigenvalue weighted by molar-refractivity contribution is 0.391. The van der Waals surface area contributed by atoms with Crippen molar-refractivity contribution in [2.75, 3.05) is 18.0 Å². The van der Waals surface area contributed by atoms with Gasteiger partial charge in [0.1, 0.15) is 6.20 Å². The Kier molecular flexibility index (Phi) is 2.89. The number of rotatable bonds is 4. The third kappa shape index (κ3) is 1.93. The first kappa shape index (κ1) is 8.04. The third-order valence-electron chi connectivity index (χ3n) is 1.54. The summed E-state index contributed by atoms with van der Waals surface area (Å²) in [6, 6.07) is 0. The highest BCUT2D eigenvalue weighted by Crippen LogP contribution is 2.09. The minimum atomic E-state index is 0.759. The second kappa shape index (κ2) is 3.95. The highest BCUT2D eigenvalue weighted by Gasteiger charge is 2.05. The van der Waals surface area contributed by atoms with Crippen LogP contribution in [0.25, 0.3) is 0 Å². The molecule has 4 heteroatoms. The highest BCUT2D eigenvalue weighted by atomic mass is 16.5. The van der Waals surface area contributed by atoms with Crippen LogP contribution in [0.2, 0.25) is 0 Å². The zero-order chi connectivity index (χ0) is 8.10. The lowest BCUT2D eigenvalue weighted by Gasteiger charge is -2.16. The molecule has 0 saturated carbocycles. The average molecular weight is 155 g/mol. The normalized spacial score (nSPS) is 10.0. The van der Waals surface area contributed by atoms with Crippen molar-refractivity contribution in [3.8, 4) is 0 Å². The fraction of sp³-hybridized carbons (Fsp3) is 0.714. The Morgan fingerprint density at radius 2 is 2.36 bits per heavy atom. The fourth-order valence-corrected chi connectivity index (χ4v) is 0.995. The molecule has 11 heavy (non-hydrogen) atoms. The molecule has 0 aliphatic carbocycles. The summed E-state index contributed by atoms with van der Waals surface area (Å²) in [7, 11) is 0. The van der Waals surface area contributed by atoms with Crippen LogP contribution in [0, 0.1) is 0 Å². The van der Waals surface area contributed by atoms with Crippen molar-refractivity contribution < 1.29 is 4.52 Å². The van der Waals surface area contributed by atoms with Gasteiger partial charge in [0.2, 0.25) is 5.88 Å². The molecule has 0 radical (unpaired) electrons. The van der Waals surface area contributed by atoms with Gasteiger partial charge >= 0.3 is 0 Å². The van der Waals surface area contributed by atoms with Gasteiger partial charge in [0.05, 0.1) is 0 Å². The van der Waals surface area contributed by atoms with Crippen molar-refractivity contribution in [1.29, 1.82) is 0 Å². The summed E-state index contributed by atoms with van der Waals surface area (Å²) < 4.78 is 4.90. The van der Waals surface area contributed by atoms with E-state index in [1.807, 2.05) is 0 Å². The van der Waals surface area contributed by atoms with Crippen LogP contribution in [0.1, 0.15) is 20.3 Å². The third-order valence-corrected chi connectivity index (χ3v) is 1.54. The number of hydrogen-bond acceptors (Lipinski definition) is 4. The molecule has 1 rings (SSSR count). The van der Waals surface area contributed by atoms with E-state index < -0.39 is 0 Å². The Balaban J connectivity index is 2.56. The van der Waals surface area contributed by atoms with Crippen LogP contribution in [-0.4, -0.2) is 23.5 Å². The quantitative estimate of drug-likeness (QED) is 0.657. The Bertz CT molecular complexity index is 186. The van der Waals surface area contributed by atoms with Gasteiger partial charge in [-0.3, -0.25) is 0 Å². The molecular weight excluding hydrogens is 142 g/mol. The van der Waals surface area contributed by atoms with Gasteiger partial charge in [-0.15, -0.1) is 5.10 Å². The largest absolute Gasteiger partial charge is 0.340 e. The van der Waals surface area contributed by atoms with E-state index >= 15 is 0 Å². The molecule has 0 aliphatic heterocycles. The maximum Gasteiger partial charge on any atom is 0.247 e. The van der Waals surface area contributed by atoms with E-state index in [0.717, 1.165) is 25.4 Å². The van der Waals surface area contributed by atoms with Crippen LogP contribution >= 0.6 is 0 Å². The average Bonchev–Trinajstić information content (AvgIpc) is 2.52. The molecule has 0 spiro atoms. The summed E-state index contributed by atoms with van der Waals surface area (Å²) in [5.74, 6) is 0.759. The summed E-state index contributed by atoms with van der Waals surface area (Å²) in [6.45, 7) is 6.14. The topological polar surface area (TPSA) is 42.2 Å². The molecule has 0 amide bonds. The van der Waals surface area contributed by atoms with Gasteiger partial charge in [-0.25, -0.2) is 0 Å². The molecule has 1 aromatic heterocycles. The van der Waals surface area contributed by atoms with E-state index in [9.17, 15) is 0 Å². The van der Waals surface area contributed by atoms with Crippen molar-refractivity contribution in [2.24, 2.45) is 0 Å². The Hall–Kier alpha value is -1.06. The first-order valence-corrected chi connectivity index (χ1v) is 3.90. The molecule has 0 N–H and O–H groups in total. The fourth-order valence-electron chi connectivity index (χ4n) is 0.995. The van der Waals surface area contributed by atoms with Crippen molar-refractivity contribution in [2.45, 2.75) is 20.3 Å². The summed E-state index contributed by atoms with van der Waals surface area (Å²) in [5, 5.41) is 7.02. The van der Waals surface area contributed by atoms with Gasteiger partial charge in [0.15, 0.2) is 0 Å². The van der Waals surface area contributed by atoms with E-state index in [0.29, 0.717) is 0 Å². The second-order valence-electron chi connectivity index (χ2n) is 2.34. The first-order valence-electron chi connectivity index (χ1n) is 3.90. The lowest BCUT2D eigenvalue weighted by atomic mass is 10.4. The van der Waals surface area contributed by atoms with Crippen LogP contribution < -0.4 is 4.90 Å². The molecule has 0 aliphatic rings. The van der Waals surface area contributed by atoms with Crippen LogP contribution in [0.5, 0.6) is 0 Å². The molecule has 0 fully saturated rings. The van der Waals surface area contributed by atoms with E-state index in [1.54, 1.807) is 6.20 Å². The summed E-state index contributed by atoms with van der Waals surface area (Å²) in [6.07, 6.45) is 2.74. The lowest BCUT2D eigenvalue weighted by Crippen LogP contribution is -2.22. The number of anilines is 1. The van der Waals surface area contributed by atoms with Gasteiger partial charge in [-0.05, 0) is 13.3 Å². The van der Waals surface area contributed by atoms with E-state index in [1.165, 1.54) is 0 Å². The molecule has 62 valence electrons. The summed E-state index contributed by atoms with van der Waals surface area (Å²) >= 11 is 0. The Morgan fingerprint density at radius 1 is 1.55 bits per heavy atom. The molecule has 0 bridgehead atoms. The zero-order valence-electron chi connectivity index (χ0n) is 6.95. The molecule has 0 aromatic carbocycles. The zero-order valence-corrected chi connectivity index (χ0v) is 6.95. The summed E-state index contributed by atoms with van der Waals surface area (Å²) in [4.78, 5) is 2.10. The van der Waals surface area contributed by atoms with Gasteiger partial charge in [0.25, 0.3) is 0 Å². The number of hydrogen-bond donors (Lipinski definition) is 0. The molecular formula is C7H13N3O. The molecule has 4 nitrogen and oxygen atoms in total. The van der Waals surface area contributed by atoms with Gasteiger partial charge in [-0.2, -0.15) is 0 Å². The molecule has 0 saturated heterocycles. The summed E-state index contributed by atoms with van der Waals surface area (Å²) in [5.41, 5.74) is 0. The number of aromatic nitrogens is 2. The molecule has 1 aromatic rings. The predicted octanol–water partition coefficient (Wildman–Crippen LogP) is 1.31. The maximum atomic E-state index is 4.90. The van der Waals surface area contributed by atoms with Crippen LogP contribution in [0.4, 0.5) is 5.88 Å². The molecule has 0 atom stereocenters. The van der Waals surface area contributed by atoms with Crippen LogP contribution in [0.3, 0.4) is 0 Å². The van der Waals surface area contributed by atoms with E-state index in [2.05, 4.69) is 29.1 Å². The second-order valence-corrected chi connectivity index (χ2v) is 2.34. The van der Waals surface area contributed by atoms with Crippen molar-refractivity contribution in [3.05, 3.63) is 6.20 Å². The molecule has 1 heterocycles. The van der Waals surface area contributed by atoms with E-state index in [-0.39, 0.29) is 0 Å². The molecule has 0 unspecified atom stereocenters. The standard InChI is InChI=1S/C7H13N3O/c1-3-5-10(4-2)7-6-8-9-11-7/h6H,3-5H2,1-2H3. The predicted molar refractivity (Wildman–Crippen MR) is 42.5 cm³/mol. The smallest absolute Gasteiger partial charge is 0.247 e. The number of nitrogens with zero attached hydrogens (tertiary/aromatic N) is 3. The van der Waals surface area contributed by atoms with Crippen molar-refractivity contribution in [3.63, 3.8) is 0 Å².